The molecule has 1 saturated heterocycles. The van der Waals surface area contributed by atoms with Gasteiger partial charge in [-0.3, -0.25) is 4.79 Å². The van der Waals surface area contributed by atoms with E-state index in [0.29, 0.717) is 12.5 Å². The molecule has 1 unspecified atom stereocenters. The summed E-state index contributed by atoms with van der Waals surface area (Å²) >= 11 is 1.95. The Balaban J connectivity index is 1.61. The van der Waals surface area contributed by atoms with Crippen molar-refractivity contribution in [3.63, 3.8) is 0 Å². The number of amides is 1. The van der Waals surface area contributed by atoms with Crippen molar-refractivity contribution < 1.29 is 4.79 Å². The highest BCUT2D eigenvalue weighted by molar-refractivity contribution is 7.99. The van der Waals surface area contributed by atoms with Crippen LogP contribution in [0.2, 0.25) is 0 Å². The van der Waals surface area contributed by atoms with Gasteiger partial charge in [-0.2, -0.15) is 11.8 Å². The number of hydrogen-bond donors (Lipinski definition) is 2. The summed E-state index contributed by atoms with van der Waals surface area (Å²) in [6.45, 7) is 1.95. The number of thioether (sulfide) groups is 1. The van der Waals surface area contributed by atoms with Gasteiger partial charge in [0, 0.05) is 37.1 Å². The zero-order valence-corrected chi connectivity index (χ0v) is 12.8. The van der Waals surface area contributed by atoms with E-state index in [1.807, 2.05) is 11.8 Å². The lowest BCUT2D eigenvalue weighted by Crippen LogP contribution is -2.42. The predicted octanol–water partition coefficient (Wildman–Crippen LogP) is 2.56. The maximum atomic E-state index is 11.9. The van der Waals surface area contributed by atoms with E-state index in [1.165, 1.54) is 50.7 Å². The van der Waals surface area contributed by atoms with Gasteiger partial charge in [-0.05, 0) is 18.8 Å². The van der Waals surface area contributed by atoms with Crippen LogP contribution in [0.3, 0.4) is 0 Å². The van der Waals surface area contributed by atoms with Crippen molar-refractivity contribution in [3.05, 3.63) is 0 Å². The molecule has 1 amide bonds. The molecule has 2 N–H and O–H groups in total. The van der Waals surface area contributed by atoms with Gasteiger partial charge >= 0.3 is 0 Å². The van der Waals surface area contributed by atoms with Crippen LogP contribution in [0, 0.1) is 5.92 Å². The number of carbonyl (C=O) groups excluding carboxylic acids is 1. The summed E-state index contributed by atoms with van der Waals surface area (Å²) in [5.41, 5.74) is 0. The molecule has 2 aliphatic rings. The largest absolute Gasteiger partial charge is 0.356 e. The minimum Gasteiger partial charge on any atom is -0.356 e. The van der Waals surface area contributed by atoms with E-state index >= 15 is 0 Å². The van der Waals surface area contributed by atoms with E-state index in [-0.39, 0.29) is 5.91 Å². The molecule has 1 heterocycles. The quantitative estimate of drug-likeness (QED) is 0.833. The van der Waals surface area contributed by atoms with Gasteiger partial charge in [0.25, 0.3) is 0 Å². The molecule has 1 saturated carbocycles. The van der Waals surface area contributed by atoms with Crippen LogP contribution in [0.5, 0.6) is 0 Å². The van der Waals surface area contributed by atoms with Crippen molar-refractivity contribution in [2.24, 2.45) is 5.92 Å². The first kappa shape index (κ1) is 15.2. The van der Waals surface area contributed by atoms with Gasteiger partial charge in [-0.25, -0.2) is 0 Å². The van der Waals surface area contributed by atoms with Crippen LogP contribution in [0.15, 0.2) is 0 Å². The van der Waals surface area contributed by atoms with Crippen LogP contribution in [0.25, 0.3) is 0 Å². The summed E-state index contributed by atoms with van der Waals surface area (Å²) in [7, 11) is 0. The van der Waals surface area contributed by atoms with E-state index in [1.54, 1.807) is 0 Å². The van der Waals surface area contributed by atoms with E-state index < -0.39 is 0 Å². The molecule has 2 rings (SSSR count). The van der Waals surface area contributed by atoms with Crippen LogP contribution in [0.1, 0.15) is 51.4 Å². The first-order valence-corrected chi connectivity index (χ1v) is 9.08. The molecule has 1 aliphatic heterocycles. The Morgan fingerprint density at radius 1 is 1.16 bits per heavy atom. The molecule has 0 bridgehead atoms. The Bertz CT molecular complexity index is 259. The Hall–Kier alpha value is -0.220. The Morgan fingerprint density at radius 3 is 2.58 bits per heavy atom. The van der Waals surface area contributed by atoms with Crippen LogP contribution in [-0.4, -0.2) is 36.5 Å². The minimum absolute atomic E-state index is 0.238. The van der Waals surface area contributed by atoms with Gasteiger partial charge in [0.2, 0.25) is 5.91 Å². The minimum atomic E-state index is 0.238. The maximum absolute atomic E-state index is 11.9. The first-order chi connectivity index (χ1) is 9.34. The van der Waals surface area contributed by atoms with Gasteiger partial charge in [0.05, 0.1) is 0 Å². The third kappa shape index (κ3) is 6.17. The van der Waals surface area contributed by atoms with E-state index in [4.69, 9.17) is 0 Å². The monoisotopic (exact) mass is 284 g/mol. The zero-order valence-electron chi connectivity index (χ0n) is 12.0. The highest BCUT2D eigenvalue weighted by Crippen LogP contribution is 2.21. The molecule has 1 atom stereocenters. The maximum Gasteiger partial charge on any atom is 0.221 e. The lowest BCUT2D eigenvalue weighted by molar-refractivity contribution is -0.121. The number of carbonyl (C=O) groups is 1. The average Bonchev–Trinajstić information content (AvgIpc) is 2.38. The summed E-state index contributed by atoms with van der Waals surface area (Å²) in [6, 6.07) is 0.385. The fraction of sp³-hybridized carbons (Fsp3) is 0.933. The van der Waals surface area contributed by atoms with Gasteiger partial charge in [-0.1, -0.05) is 32.1 Å². The number of hydrogen-bond acceptors (Lipinski definition) is 3. The molecule has 1 aliphatic carbocycles. The van der Waals surface area contributed by atoms with E-state index in [9.17, 15) is 4.79 Å². The molecule has 0 aromatic rings. The molecule has 0 aromatic heterocycles. The highest BCUT2D eigenvalue weighted by Gasteiger charge is 2.18. The lowest BCUT2D eigenvalue weighted by Gasteiger charge is -2.24. The second kappa shape index (κ2) is 8.85. The van der Waals surface area contributed by atoms with E-state index in [0.717, 1.165) is 24.8 Å². The van der Waals surface area contributed by atoms with Crippen LogP contribution in [0.4, 0.5) is 0 Å². The summed E-state index contributed by atoms with van der Waals surface area (Å²) < 4.78 is 0. The normalized spacial score (nSPS) is 26.4. The van der Waals surface area contributed by atoms with Crippen molar-refractivity contribution >= 4 is 17.7 Å². The van der Waals surface area contributed by atoms with Crippen molar-refractivity contribution in [1.29, 1.82) is 0 Å². The van der Waals surface area contributed by atoms with Crippen LogP contribution < -0.4 is 10.6 Å². The summed E-state index contributed by atoms with van der Waals surface area (Å²) in [4.78, 5) is 11.9. The van der Waals surface area contributed by atoms with Crippen LogP contribution >= 0.6 is 11.8 Å². The lowest BCUT2D eigenvalue weighted by atomic mass is 9.91. The molecule has 0 radical (unpaired) electrons. The molecule has 2 fully saturated rings. The smallest absolute Gasteiger partial charge is 0.221 e. The van der Waals surface area contributed by atoms with Crippen molar-refractivity contribution in [1.82, 2.24) is 10.6 Å². The molecular weight excluding hydrogens is 256 g/mol. The first-order valence-electron chi connectivity index (χ1n) is 7.92. The standard InChI is InChI=1S/C15H28N2OS/c18-15(10-14-12-19-9-8-16-14)17-11-13-6-4-2-1-3-5-7-13/h13-14,16H,1-12H2,(H,17,18). The average molecular weight is 284 g/mol. The Morgan fingerprint density at radius 2 is 1.89 bits per heavy atom. The Kier molecular flexibility index (Phi) is 7.07. The van der Waals surface area contributed by atoms with Crippen molar-refractivity contribution in [2.45, 2.75) is 57.4 Å². The fourth-order valence-corrected chi connectivity index (χ4v) is 4.00. The molecule has 19 heavy (non-hydrogen) atoms. The summed E-state index contributed by atoms with van der Waals surface area (Å²) in [5, 5.41) is 6.58. The molecule has 110 valence electrons. The van der Waals surface area contributed by atoms with Gasteiger partial charge in [0.1, 0.15) is 0 Å². The number of rotatable bonds is 4. The zero-order chi connectivity index (χ0) is 13.3. The third-order valence-electron chi connectivity index (χ3n) is 4.24. The molecule has 0 spiro atoms. The second-order valence-corrected chi connectivity index (χ2v) is 7.10. The molecular formula is C15H28N2OS. The number of nitrogens with one attached hydrogen (secondary N) is 2. The van der Waals surface area contributed by atoms with Crippen LogP contribution in [-0.2, 0) is 4.79 Å². The topological polar surface area (TPSA) is 41.1 Å². The Labute approximate surface area is 121 Å². The molecule has 3 nitrogen and oxygen atoms in total. The third-order valence-corrected chi connectivity index (χ3v) is 5.37. The van der Waals surface area contributed by atoms with Gasteiger partial charge in [-0.15, -0.1) is 0 Å². The molecule has 4 heteroatoms. The summed E-state index contributed by atoms with van der Waals surface area (Å²) in [5.74, 6) is 3.22. The van der Waals surface area contributed by atoms with Crippen molar-refractivity contribution in [3.8, 4) is 0 Å². The van der Waals surface area contributed by atoms with Gasteiger partial charge < -0.3 is 10.6 Å². The van der Waals surface area contributed by atoms with Gasteiger partial charge in [0.15, 0.2) is 0 Å². The predicted molar refractivity (Wildman–Crippen MR) is 82.6 cm³/mol. The highest BCUT2D eigenvalue weighted by atomic mass is 32.2. The summed E-state index contributed by atoms with van der Waals surface area (Å²) in [6.07, 6.45) is 10.1. The van der Waals surface area contributed by atoms with Crippen molar-refractivity contribution in [2.75, 3.05) is 24.6 Å². The second-order valence-electron chi connectivity index (χ2n) is 5.95. The van der Waals surface area contributed by atoms with E-state index in [2.05, 4.69) is 10.6 Å². The molecule has 0 aromatic carbocycles. The SMILES string of the molecule is O=C(CC1CSCCN1)NCC1CCCCCCC1. The fourth-order valence-electron chi connectivity index (χ4n) is 3.05.